The minimum absolute atomic E-state index is 0.127. The zero-order valence-electron chi connectivity index (χ0n) is 14.0. The number of hydrogen-bond donors (Lipinski definition) is 1. The fraction of sp³-hybridized carbons (Fsp3) is 0.125. The second-order valence-corrected chi connectivity index (χ2v) is 7.57. The highest BCUT2D eigenvalue weighted by atomic mass is 32.2. The Hall–Kier alpha value is -2.92. The molecule has 0 saturated carbocycles. The van der Waals surface area contributed by atoms with Crippen LogP contribution >= 0.6 is 23.1 Å². The highest BCUT2D eigenvalue weighted by Crippen LogP contribution is 2.21. The third-order valence-electron chi connectivity index (χ3n) is 3.48. The molecule has 8 nitrogen and oxygen atoms in total. The number of thioether (sulfide) groups is 1. The van der Waals surface area contributed by atoms with Gasteiger partial charge in [0, 0.05) is 5.56 Å². The summed E-state index contributed by atoms with van der Waals surface area (Å²) in [6.45, 7) is 1.81. The summed E-state index contributed by atoms with van der Waals surface area (Å²) in [4.78, 5) is 12.1. The number of nitrogens with one attached hydrogen (secondary N) is 1. The second kappa shape index (κ2) is 7.37. The molecule has 4 aromatic rings. The average Bonchev–Trinajstić information content (AvgIpc) is 3.26. The molecule has 1 amide bonds. The van der Waals surface area contributed by atoms with Crippen molar-refractivity contribution < 1.29 is 9.18 Å². The first-order chi connectivity index (χ1) is 13.1. The largest absolute Gasteiger partial charge is 0.300 e. The van der Waals surface area contributed by atoms with Gasteiger partial charge in [0.1, 0.15) is 10.8 Å². The lowest BCUT2D eigenvalue weighted by Crippen LogP contribution is -2.14. The molecule has 3 aromatic heterocycles. The van der Waals surface area contributed by atoms with Crippen molar-refractivity contribution in [2.45, 2.75) is 12.1 Å². The van der Waals surface area contributed by atoms with Crippen LogP contribution in [-0.2, 0) is 4.79 Å². The van der Waals surface area contributed by atoms with Gasteiger partial charge >= 0.3 is 0 Å². The Kier molecular flexibility index (Phi) is 4.77. The monoisotopic (exact) mass is 401 g/mol. The number of nitrogens with zero attached hydrogens (tertiary/aromatic N) is 6. The van der Waals surface area contributed by atoms with Crippen molar-refractivity contribution >= 4 is 39.8 Å². The summed E-state index contributed by atoms with van der Waals surface area (Å²) < 4.78 is 14.7. The predicted molar refractivity (Wildman–Crippen MR) is 100 cm³/mol. The molecule has 136 valence electrons. The van der Waals surface area contributed by atoms with Gasteiger partial charge in [0.05, 0.1) is 11.4 Å². The number of anilines is 1. The van der Waals surface area contributed by atoms with Gasteiger partial charge in [-0.15, -0.1) is 20.4 Å². The first-order valence-corrected chi connectivity index (χ1v) is 9.60. The molecule has 0 atom stereocenters. The van der Waals surface area contributed by atoms with Crippen LogP contribution in [0.15, 0.2) is 41.6 Å². The van der Waals surface area contributed by atoms with E-state index in [-0.39, 0.29) is 17.5 Å². The number of fused-ring (bicyclic) bond motifs is 1. The van der Waals surface area contributed by atoms with Crippen LogP contribution in [0.1, 0.15) is 5.01 Å². The van der Waals surface area contributed by atoms with Gasteiger partial charge < -0.3 is 0 Å². The molecule has 3 heterocycles. The average molecular weight is 401 g/mol. The number of hydrogen-bond acceptors (Lipinski definition) is 8. The lowest BCUT2D eigenvalue weighted by Gasteiger charge is -2.03. The SMILES string of the molecule is Cc1nnc(NC(=O)CSc2nnc3ccc(-c4ccc(F)cc4)nn23)s1. The van der Waals surface area contributed by atoms with E-state index in [9.17, 15) is 9.18 Å². The minimum atomic E-state index is -0.308. The number of halogens is 1. The maximum Gasteiger partial charge on any atom is 0.236 e. The van der Waals surface area contributed by atoms with E-state index < -0.39 is 0 Å². The van der Waals surface area contributed by atoms with E-state index in [1.807, 2.05) is 6.92 Å². The van der Waals surface area contributed by atoms with Crippen LogP contribution in [0, 0.1) is 12.7 Å². The Bertz CT molecular complexity index is 1110. The zero-order chi connectivity index (χ0) is 18.8. The van der Waals surface area contributed by atoms with Gasteiger partial charge in [-0.1, -0.05) is 23.1 Å². The van der Waals surface area contributed by atoms with Crippen LogP contribution < -0.4 is 5.32 Å². The second-order valence-electron chi connectivity index (χ2n) is 5.44. The van der Waals surface area contributed by atoms with Crippen LogP contribution in [-0.4, -0.2) is 41.7 Å². The Morgan fingerprint density at radius 2 is 1.96 bits per heavy atom. The van der Waals surface area contributed by atoms with Crippen LogP contribution in [0.2, 0.25) is 0 Å². The van der Waals surface area contributed by atoms with Crippen molar-refractivity contribution in [2.24, 2.45) is 0 Å². The van der Waals surface area contributed by atoms with Crippen LogP contribution in [0.4, 0.5) is 9.52 Å². The topological polar surface area (TPSA) is 98.0 Å². The summed E-state index contributed by atoms with van der Waals surface area (Å²) in [6.07, 6.45) is 0. The molecule has 1 aromatic carbocycles. The summed E-state index contributed by atoms with van der Waals surface area (Å²) in [6, 6.07) is 9.62. The fourth-order valence-corrected chi connectivity index (χ4v) is 3.56. The molecule has 0 radical (unpaired) electrons. The van der Waals surface area contributed by atoms with Crippen LogP contribution in [0.25, 0.3) is 16.9 Å². The van der Waals surface area contributed by atoms with E-state index in [4.69, 9.17) is 0 Å². The summed E-state index contributed by atoms with van der Waals surface area (Å²) in [5, 5.41) is 24.7. The zero-order valence-corrected chi connectivity index (χ0v) is 15.6. The van der Waals surface area contributed by atoms with E-state index in [0.29, 0.717) is 21.6 Å². The summed E-state index contributed by atoms with van der Waals surface area (Å²) in [7, 11) is 0. The van der Waals surface area contributed by atoms with Gasteiger partial charge in [0.15, 0.2) is 5.65 Å². The van der Waals surface area contributed by atoms with Gasteiger partial charge in [0.2, 0.25) is 16.2 Å². The molecule has 1 N–H and O–H groups in total. The Balaban J connectivity index is 1.50. The normalized spacial score (nSPS) is 11.0. The molecule has 0 aliphatic rings. The van der Waals surface area contributed by atoms with Crippen molar-refractivity contribution in [3.8, 4) is 11.3 Å². The van der Waals surface area contributed by atoms with Gasteiger partial charge in [-0.05, 0) is 43.3 Å². The molecule has 0 aliphatic carbocycles. The van der Waals surface area contributed by atoms with Gasteiger partial charge in [0.25, 0.3) is 0 Å². The molecule has 27 heavy (non-hydrogen) atoms. The lowest BCUT2D eigenvalue weighted by molar-refractivity contribution is -0.113. The maximum atomic E-state index is 13.1. The number of carbonyl (C=O) groups is 1. The van der Waals surface area contributed by atoms with Crippen molar-refractivity contribution in [2.75, 3.05) is 11.1 Å². The molecule has 0 saturated heterocycles. The first-order valence-electron chi connectivity index (χ1n) is 7.80. The highest BCUT2D eigenvalue weighted by Gasteiger charge is 2.13. The van der Waals surface area contributed by atoms with Gasteiger partial charge in [-0.2, -0.15) is 9.61 Å². The summed E-state index contributed by atoms with van der Waals surface area (Å²) >= 11 is 2.52. The summed E-state index contributed by atoms with van der Waals surface area (Å²) in [5.41, 5.74) is 1.98. The summed E-state index contributed by atoms with van der Waals surface area (Å²) in [5.74, 6) is -0.401. The minimum Gasteiger partial charge on any atom is -0.300 e. The van der Waals surface area contributed by atoms with Crippen molar-refractivity contribution in [3.05, 3.63) is 47.2 Å². The van der Waals surface area contributed by atoms with Crippen LogP contribution in [0.5, 0.6) is 0 Å². The van der Waals surface area contributed by atoms with E-state index >= 15 is 0 Å². The van der Waals surface area contributed by atoms with Crippen molar-refractivity contribution in [3.63, 3.8) is 0 Å². The van der Waals surface area contributed by atoms with E-state index in [2.05, 4.69) is 30.8 Å². The lowest BCUT2D eigenvalue weighted by atomic mass is 10.1. The quantitative estimate of drug-likeness (QED) is 0.514. The molecule has 0 unspecified atom stereocenters. The van der Waals surface area contributed by atoms with E-state index in [1.165, 1.54) is 35.2 Å². The predicted octanol–water partition coefficient (Wildman–Crippen LogP) is 2.82. The molecule has 4 rings (SSSR count). The number of aryl methyl sites for hydroxylation is 1. The fourth-order valence-electron chi connectivity index (χ4n) is 2.27. The Morgan fingerprint density at radius 1 is 1.15 bits per heavy atom. The van der Waals surface area contributed by atoms with Crippen molar-refractivity contribution in [1.82, 2.24) is 30.0 Å². The smallest absolute Gasteiger partial charge is 0.236 e. The third kappa shape index (κ3) is 3.93. The molecule has 0 aliphatic heterocycles. The number of amides is 1. The van der Waals surface area contributed by atoms with Crippen LogP contribution in [0.3, 0.4) is 0 Å². The molecular formula is C16H12FN7OS2. The highest BCUT2D eigenvalue weighted by molar-refractivity contribution is 7.99. The number of benzene rings is 1. The first kappa shape index (κ1) is 17.5. The number of rotatable bonds is 5. The molecule has 11 heteroatoms. The Morgan fingerprint density at radius 3 is 2.70 bits per heavy atom. The number of aromatic nitrogens is 6. The molecule has 0 spiro atoms. The van der Waals surface area contributed by atoms with Gasteiger partial charge in [-0.25, -0.2) is 4.39 Å². The Labute approximate surface area is 160 Å². The van der Waals surface area contributed by atoms with E-state index in [0.717, 1.165) is 10.6 Å². The number of carbonyl (C=O) groups excluding carboxylic acids is 1. The maximum absolute atomic E-state index is 13.1. The molecule has 0 fully saturated rings. The van der Waals surface area contributed by atoms with E-state index in [1.54, 1.807) is 28.8 Å². The molecular weight excluding hydrogens is 389 g/mol. The standard InChI is InChI=1S/C16H12FN7OS2/c1-9-19-21-15(27-9)18-14(25)8-26-16-22-20-13-7-6-12(23-24(13)16)10-2-4-11(17)5-3-10/h2-7H,8H2,1H3,(H,18,21,25). The van der Waals surface area contributed by atoms with Crippen molar-refractivity contribution in [1.29, 1.82) is 0 Å². The van der Waals surface area contributed by atoms with Gasteiger partial charge in [-0.3, -0.25) is 10.1 Å². The molecule has 0 bridgehead atoms. The third-order valence-corrected chi connectivity index (χ3v) is 5.15.